The van der Waals surface area contributed by atoms with Crippen LogP contribution >= 0.6 is 0 Å². The maximum atomic E-state index is 13.2. The molecule has 1 unspecified atom stereocenters. The van der Waals surface area contributed by atoms with Crippen LogP contribution < -0.4 is 0 Å². The van der Waals surface area contributed by atoms with Crippen LogP contribution in [0.15, 0.2) is 24.4 Å². The summed E-state index contributed by atoms with van der Waals surface area (Å²) in [7, 11) is 1.39. The van der Waals surface area contributed by atoms with E-state index in [4.69, 9.17) is 4.74 Å². The molecular weight excluding hydrogens is 340 g/mol. The lowest BCUT2D eigenvalue weighted by Gasteiger charge is -2.33. The van der Waals surface area contributed by atoms with Crippen LogP contribution in [0.25, 0.3) is 0 Å². The lowest BCUT2D eigenvalue weighted by Crippen LogP contribution is -2.41. The molecule has 2 rings (SSSR count). The smallest absolute Gasteiger partial charge is 0.310 e. The molecule has 1 atom stereocenters. The van der Waals surface area contributed by atoms with Crippen LogP contribution in [-0.4, -0.2) is 35.4 Å². The van der Waals surface area contributed by atoms with Gasteiger partial charge >= 0.3 is 5.97 Å². The SMILES string of the molecule is CCCCC1CCC(C(=O)N(Cc2ccccn2)CC(C)C(=O)OC)CC1. The molecule has 1 aliphatic carbocycles. The van der Waals surface area contributed by atoms with Gasteiger partial charge in [0, 0.05) is 18.7 Å². The monoisotopic (exact) mass is 374 g/mol. The second-order valence-corrected chi connectivity index (χ2v) is 7.82. The minimum absolute atomic E-state index is 0.0661. The van der Waals surface area contributed by atoms with Gasteiger partial charge in [-0.15, -0.1) is 0 Å². The lowest BCUT2D eigenvalue weighted by molar-refractivity contribution is -0.147. The first-order valence-corrected chi connectivity index (χ1v) is 10.3. The summed E-state index contributed by atoms with van der Waals surface area (Å²) in [5.74, 6) is 0.370. The van der Waals surface area contributed by atoms with Gasteiger partial charge in [0.15, 0.2) is 0 Å². The Kier molecular flexibility index (Phi) is 8.76. The number of hydrogen-bond acceptors (Lipinski definition) is 4. The number of carbonyl (C=O) groups is 2. The molecule has 0 aliphatic heterocycles. The third-order valence-corrected chi connectivity index (χ3v) is 5.65. The van der Waals surface area contributed by atoms with Crippen molar-refractivity contribution in [3.05, 3.63) is 30.1 Å². The molecule has 150 valence electrons. The number of esters is 1. The van der Waals surface area contributed by atoms with Gasteiger partial charge in [0.25, 0.3) is 0 Å². The van der Waals surface area contributed by atoms with Crippen molar-refractivity contribution in [3.63, 3.8) is 0 Å². The zero-order valence-electron chi connectivity index (χ0n) is 17.0. The summed E-state index contributed by atoms with van der Waals surface area (Å²) in [5, 5.41) is 0. The summed E-state index contributed by atoms with van der Waals surface area (Å²) < 4.78 is 4.85. The number of rotatable bonds is 9. The zero-order valence-corrected chi connectivity index (χ0v) is 17.0. The van der Waals surface area contributed by atoms with Gasteiger partial charge in [0.1, 0.15) is 0 Å². The van der Waals surface area contributed by atoms with E-state index < -0.39 is 0 Å². The largest absolute Gasteiger partial charge is 0.469 e. The maximum Gasteiger partial charge on any atom is 0.310 e. The summed E-state index contributed by atoms with van der Waals surface area (Å²) in [6.07, 6.45) is 9.74. The fourth-order valence-corrected chi connectivity index (χ4v) is 3.98. The van der Waals surface area contributed by atoms with E-state index in [0.717, 1.165) is 37.3 Å². The maximum absolute atomic E-state index is 13.2. The van der Waals surface area contributed by atoms with Crippen LogP contribution in [-0.2, 0) is 20.9 Å². The highest BCUT2D eigenvalue weighted by Gasteiger charge is 2.31. The number of amides is 1. The molecule has 1 aliphatic rings. The predicted octanol–water partition coefficient (Wildman–Crippen LogP) is 4.22. The summed E-state index contributed by atoms with van der Waals surface area (Å²) >= 11 is 0. The van der Waals surface area contributed by atoms with Crippen molar-refractivity contribution in [2.45, 2.75) is 65.3 Å². The van der Waals surface area contributed by atoms with Crippen LogP contribution in [0.1, 0.15) is 64.5 Å². The Bertz CT molecular complexity index is 582. The number of hydrogen-bond donors (Lipinski definition) is 0. The summed E-state index contributed by atoms with van der Waals surface area (Å²) in [6.45, 7) is 4.86. The normalized spacial score (nSPS) is 20.7. The molecule has 1 heterocycles. The number of methoxy groups -OCH3 is 1. The van der Waals surface area contributed by atoms with Crippen molar-refractivity contribution in [3.8, 4) is 0 Å². The standard InChI is InChI=1S/C22H34N2O3/c1-4-5-8-18-10-12-19(13-11-18)21(25)24(15-17(2)22(26)27-3)16-20-9-6-7-14-23-20/h6-7,9,14,17-19H,4-5,8,10-13,15-16H2,1-3H3. The quantitative estimate of drug-likeness (QED) is 0.607. The van der Waals surface area contributed by atoms with Crippen molar-refractivity contribution < 1.29 is 14.3 Å². The van der Waals surface area contributed by atoms with Crippen molar-refractivity contribution in [2.24, 2.45) is 17.8 Å². The average Bonchev–Trinajstić information content (AvgIpc) is 2.71. The fraction of sp³-hybridized carbons (Fsp3) is 0.682. The Morgan fingerprint density at radius 3 is 2.59 bits per heavy atom. The van der Waals surface area contributed by atoms with E-state index in [0.29, 0.717) is 13.1 Å². The van der Waals surface area contributed by atoms with E-state index in [1.807, 2.05) is 25.1 Å². The minimum atomic E-state index is -0.344. The molecule has 27 heavy (non-hydrogen) atoms. The highest BCUT2D eigenvalue weighted by Crippen LogP contribution is 2.33. The molecule has 1 aromatic heterocycles. The molecule has 0 aromatic carbocycles. The number of ether oxygens (including phenoxy) is 1. The highest BCUT2D eigenvalue weighted by molar-refractivity contribution is 5.80. The first-order valence-electron chi connectivity index (χ1n) is 10.3. The minimum Gasteiger partial charge on any atom is -0.469 e. The topological polar surface area (TPSA) is 59.5 Å². The first kappa shape index (κ1) is 21.4. The molecule has 0 radical (unpaired) electrons. The van der Waals surface area contributed by atoms with Crippen molar-refractivity contribution in [1.29, 1.82) is 0 Å². The molecule has 0 spiro atoms. The summed E-state index contributed by atoms with van der Waals surface area (Å²) in [5.41, 5.74) is 0.847. The molecule has 1 amide bonds. The van der Waals surface area contributed by atoms with Crippen molar-refractivity contribution in [2.75, 3.05) is 13.7 Å². The van der Waals surface area contributed by atoms with E-state index in [1.165, 1.54) is 26.4 Å². The highest BCUT2D eigenvalue weighted by atomic mass is 16.5. The molecule has 0 bridgehead atoms. The van der Waals surface area contributed by atoms with Crippen LogP contribution in [0.5, 0.6) is 0 Å². The molecule has 1 fully saturated rings. The second-order valence-electron chi connectivity index (χ2n) is 7.82. The fourth-order valence-electron chi connectivity index (χ4n) is 3.98. The van der Waals surface area contributed by atoms with Gasteiger partial charge in [0.05, 0.1) is 25.3 Å². The van der Waals surface area contributed by atoms with E-state index in [9.17, 15) is 9.59 Å². The Morgan fingerprint density at radius 1 is 1.26 bits per heavy atom. The van der Waals surface area contributed by atoms with Gasteiger partial charge in [-0.2, -0.15) is 0 Å². The summed E-state index contributed by atoms with van der Waals surface area (Å²) in [4.78, 5) is 31.2. The lowest BCUT2D eigenvalue weighted by atomic mass is 9.79. The van der Waals surface area contributed by atoms with Crippen molar-refractivity contribution >= 4 is 11.9 Å². The molecule has 5 nitrogen and oxygen atoms in total. The Balaban J connectivity index is 2.01. The van der Waals surface area contributed by atoms with Crippen LogP contribution in [0.4, 0.5) is 0 Å². The molecule has 0 N–H and O–H groups in total. The van der Waals surface area contributed by atoms with E-state index in [2.05, 4.69) is 11.9 Å². The number of nitrogens with zero attached hydrogens (tertiary/aromatic N) is 2. The van der Waals surface area contributed by atoms with Crippen LogP contribution in [0, 0.1) is 17.8 Å². The van der Waals surface area contributed by atoms with Gasteiger partial charge in [-0.3, -0.25) is 14.6 Å². The van der Waals surface area contributed by atoms with E-state index in [1.54, 1.807) is 11.1 Å². The van der Waals surface area contributed by atoms with Crippen molar-refractivity contribution in [1.82, 2.24) is 9.88 Å². The van der Waals surface area contributed by atoms with E-state index in [-0.39, 0.29) is 23.7 Å². The predicted molar refractivity (Wildman–Crippen MR) is 106 cm³/mol. The molecule has 1 aromatic rings. The average molecular weight is 375 g/mol. The van der Waals surface area contributed by atoms with E-state index >= 15 is 0 Å². The zero-order chi connectivity index (χ0) is 19.6. The van der Waals surface area contributed by atoms with Crippen LogP contribution in [0.2, 0.25) is 0 Å². The molecule has 0 saturated heterocycles. The van der Waals surface area contributed by atoms with Gasteiger partial charge < -0.3 is 9.64 Å². The van der Waals surface area contributed by atoms with Gasteiger partial charge in [-0.05, 0) is 43.7 Å². The molecular formula is C22H34N2O3. The van der Waals surface area contributed by atoms with Gasteiger partial charge in [-0.1, -0.05) is 39.2 Å². The number of unbranched alkanes of at least 4 members (excludes halogenated alkanes) is 1. The van der Waals surface area contributed by atoms with Gasteiger partial charge in [0.2, 0.25) is 5.91 Å². The summed E-state index contributed by atoms with van der Waals surface area (Å²) in [6, 6.07) is 5.71. The number of carbonyl (C=O) groups excluding carboxylic acids is 2. The first-order chi connectivity index (χ1) is 13.0. The Morgan fingerprint density at radius 2 is 2.00 bits per heavy atom. The molecule has 5 heteroatoms. The third-order valence-electron chi connectivity index (χ3n) is 5.65. The third kappa shape index (κ3) is 6.64. The number of pyridine rings is 1. The van der Waals surface area contributed by atoms with Gasteiger partial charge in [-0.25, -0.2) is 0 Å². The van der Waals surface area contributed by atoms with Crippen LogP contribution in [0.3, 0.4) is 0 Å². The Hall–Kier alpha value is -1.91. The Labute approximate surface area is 163 Å². The number of aromatic nitrogens is 1. The molecule has 1 saturated carbocycles. The second kappa shape index (κ2) is 11.1.